The van der Waals surface area contributed by atoms with Gasteiger partial charge in [-0.3, -0.25) is 4.72 Å². The molecule has 20 heavy (non-hydrogen) atoms. The molecule has 0 aliphatic heterocycles. The van der Waals surface area contributed by atoms with Crippen molar-refractivity contribution < 1.29 is 17.9 Å². The lowest BCUT2D eigenvalue weighted by atomic mass is 10.3. The minimum atomic E-state index is -3.66. The number of sulfonamides is 1. The van der Waals surface area contributed by atoms with Gasteiger partial charge in [-0.2, -0.15) is 0 Å². The minimum absolute atomic E-state index is 0.101. The molecule has 0 spiro atoms. The van der Waals surface area contributed by atoms with Crippen molar-refractivity contribution in [3.8, 4) is 11.5 Å². The summed E-state index contributed by atoms with van der Waals surface area (Å²) in [6, 6.07) is 4.92. The molecule has 1 aromatic carbocycles. The third-order valence-electron chi connectivity index (χ3n) is 2.16. The van der Waals surface area contributed by atoms with Gasteiger partial charge in [-0.25, -0.2) is 8.42 Å². The molecule has 0 fully saturated rings. The second-order valence-electron chi connectivity index (χ2n) is 3.85. The normalized spacial score (nSPS) is 10.9. The van der Waals surface area contributed by atoms with Gasteiger partial charge in [-0.15, -0.1) is 0 Å². The molecule has 0 amide bonds. The largest absolute Gasteiger partial charge is 0.494 e. The van der Waals surface area contributed by atoms with E-state index in [0.717, 1.165) is 0 Å². The van der Waals surface area contributed by atoms with Crippen molar-refractivity contribution in [2.24, 2.45) is 5.73 Å². The van der Waals surface area contributed by atoms with Gasteiger partial charge < -0.3 is 15.2 Å². The van der Waals surface area contributed by atoms with Gasteiger partial charge >= 0.3 is 0 Å². The van der Waals surface area contributed by atoms with Crippen LogP contribution in [0.4, 0.5) is 5.69 Å². The third-order valence-corrected chi connectivity index (χ3v) is 3.71. The van der Waals surface area contributed by atoms with Crippen molar-refractivity contribution in [2.45, 2.75) is 13.8 Å². The smallest absolute Gasteiger partial charge is 0.239 e. The fourth-order valence-electron chi connectivity index (χ4n) is 1.52. The SMILES string of the molecule is CCOc1ccc(OCC)c(NS(=O)(=O)CC(N)=S)c1. The number of rotatable bonds is 8. The Bertz CT molecular complexity index is 573. The first kappa shape index (κ1) is 16.5. The van der Waals surface area contributed by atoms with Gasteiger partial charge in [0.05, 0.1) is 23.9 Å². The van der Waals surface area contributed by atoms with E-state index in [9.17, 15) is 8.42 Å². The van der Waals surface area contributed by atoms with Crippen LogP contribution in [0.25, 0.3) is 0 Å². The van der Waals surface area contributed by atoms with Crippen molar-refractivity contribution in [3.63, 3.8) is 0 Å². The Labute approximate surface area is 124 Å². The Morgan fingerprint density at radius 1 is 1.30 bits per heavy atom. The molecule has 6 nitrogen and oxygen atoms in total. The predicted molar refractivity (Wildman–Crippen MR) is 83.0 cm³/mol. The van der Waals surface area contributed by atoms with E-state index >= 15 is 0 Å². The van der Waals surface area contributed by atoms with E-state index in [0.29, 0.717) is 30.4 Å². The number of thiocarbonyl (C=S) groups is 1. The first-order valence-electron chi connectivity index (χ1n) is 6.06. The Morgan fingerprint density at radius 3 is 2.50 bits per heavy atom. The summed E-state index contributed by atoms with van der Waals surface area (Å²) in [5.74, 6) is 0.540. The monoisotopic (exact) mass is 318 g/mol. The minimum Gasteiger partial charge on any atom is -0.494 e. The maximum absolute atomic E-state index is 11.9. The summed E-state index contributed by atoms with van der Waals surface area (Å²) in [6.07, 6.45) is 0. The zero-order valence-electron chi connectivity index (χ0n) is 11.4. The Balaban J connectivity index is 3.06. The number of hydrogen-bond donors (Lipinski definition) is 2. The lowest BCUT2D eigenvalue weighted by Crippen LogP contribution is -2.26. The molecule has 3 N–H and O–H groups in total. The highest BCUT2D eigenvalue weighted by Gasteiger charge is 2.15. The first-order valence-corrected chi connectivity index (χ1v) is 8.12. The van der Waals surface area contributed by atoms with Crippen molar-refractivity contribution in [1.82, 2.24) is 0 Å². The summed E-state index contributed by atoms with van der Waals surface area (Å²) in [6.45, 7) is 4.54. The molecular formula is C12H18N2O4S2. The molecule has 0 radical (unpaired) electrons. The summed E-state index contributed by atoms with van der Waals surface area (Å²) in [5.41, 5.74) is 5.56. The van der Waals surface area contributed by atoms with E-state index < -0.39 is 15.8 Å². The van der Waals surface area contributed by atoms with Gasteiger partial charge in [0, 0.05) is 6.07 Å². The van der Waals surface area contributed by atoms with Crippen LogP contribution in [-0.2, 0) is 10.0 Å². The van der Waals surface area contributed by atoms with Crippen LogP contribution in [0, 0.1) is 0 Å². The zero-order valence-corrected chi connectivity index (χ0v) is 13.0. The molecule has 0 bridgehead atoms. The van der Waals surface area contributed by atoms with Crippen LogP contribution in [0.5, 0.6) is 11.5 Å². The number of benzene rings is 1. The van der Waals surface area contributed by atoms with Crippen LogP contribution < -0.4 is 19.9 Å². The van der Waals surface area contributed by atoms with Crippen LogP contribution in [0.15, 0.2) is 18.2 Å². The lowest BCUT2D eigenvalue weighted by molar-refractivity contribution is 0.332. The number of ether oxygens (including phenoxy) is 2. The quantitative estimate of drug-likeness (QED) is 0.706. The molecule has 1 rings (SSSR count). The average Bonchev–Trinajstić information content (AvgIpc) is 2.30. The molecule has 0 heterocycles. The fraction of sp³-hybridized carbons (Fsp3) is 0.417. The van der Waals surface area contributed by atoms with Gasteiger partial charge in [-0.05, 0) is 26.0 Å². The van der Waals surface area contributed by atoms with Crippen LogP contribution >= 0.6 is 12.2 Å². The van der Waals surface area contributed by atoms with Crippen LogP contribution in [0.2, 0.25) is 0 Å². The Kier molecular flexibility index (Phi) is 6.03. The molecule has 0 aliphatic carbocycles. The molecule has 0 unspecified atom stereocenters. The summed E-state index contributed by atoms with van der Waals surface area (Å²) in [5, 5.41) is 0. The molecule has 1 aromatic rings. The van der Waals surface area contributed by atoms with Crippen molar-refractivity contribution in [1.29, 1.82) is 0 Å². The predicted octanol–water partition coefficient (Wildman–Crippen LogP) is 1.51. The highest BCUT2D eigenvalue weighted by molar-refractivity contribution is 7.95. The standard InChI is InChI=1S/C12H18N2O4S2/c1-3-17-9-5-6-11(18-4-2)10(7-9)14-20(15,16)8-12(13)19/h5-7,14H,3-4,8H2,1-2H3,(H2,13,19). The van der Waals surface area contributed by atoms with Crippen LogP contribution in [0.3, 0.4) is 0 Å². The summed E-state index contributed by atoms with van der Waals surface area (Å²) in [4.78, 5) is -0.101. The first-order chi connectivity index (χ1) is 9.38. The topological polar surface area (TPSA) is 90.6 Å². The van der Waals surface area contributed by atoms with E-state index in [1.807, 2.05) is 13.8 Å². The van der Waals surface area contributed by atoms with Crippen LogP contribution in [0.1, 0.15) is 13.8 Å². The van der Waals surface area contributed by atoms with Crippen molar-refractivity contribution in [2.75, 3.05) is 23.7 Å². The summed E-state index contributed by atoms with van der Waals surface area (Å²) >= 11 is 4.61. The highest BCUT2D eigenvalue weighted by Crippen LogP contribution is 2.30. The van der Waals surface area contributed by atoms with E-state index in [1.54, 1.807) is 18.2 Å². The Morgan fingerprint density at radius 2 is 1.95 bits per heavy atom. The number of anilines is 1. The van der Waals surface area contributed by atoms with Gasteiger partial charge in [0.1, 0.15) is 17.3 Å². The average molecular weight is 318 g/mol. The van der Waals surface area contributed by atoms with Crippen LogP contribution in [-0.4, -0.2) is 32.4 Å². The second-order valence-corrected chi connectivity index (χ2v) is 6.10. The third kappa shape index (κ3) is 5.22. The number of nitrogens with two attached hydrogens (primary N) is 1. The van der Waals surface area contributed by atoms with Gasteiger partial charge in [0.2, 0.25) is 10.0 Å². The summed E-state index contributed by atoms with van der Waals surface area (Å²) < 4.78 is 36.8. The summed E-state index contributed by atoms with van der Waals surface area (Å²) in [7, 11) is -3.66. The maximum Gasteiger partial charge on any atom is 0.239 e. The van der Waals surface area contributed by atoms with E-state index in [1.165, 1.54) is 0 Å². The number of nitrogens with one attached hydrogen (secondary N) is 1. The maximum atomic E-state index is 11.9. The Hall–Kier alpha value is -1.54. The molecule has 0 aromatic heterocycles. The molecule has 0 saturated heterocycles. The molecule has 0 aliphatic rings. The molecular weight excluding hydrogens is 300 g/mol. The van der Waals surface area contributed by atoms with Crippen molar-refractivity contribution >= 4 is 32.9 Å². The molecule has 112 valence electrons. The van der Waals surface area contributed by atoms with E-state index in [2.05, 4.69) is 16.9 Å². The van der Waals surface area contributed by atoms with Crippen molar-refractivity contribution in [3.05, 3.63) is 18.2 Å². The molecule has 0 saturated carbocycles. The highest BCUT2D eigenvalue weighted by atomic mass is 32.2. The lowest BCUT2D eigenvalue weighted by Gasteiger charge is -2.14. The van der Waals surface area contributed by atoms with E-state index in [4.69, 9.17) is 15.2 Å². The second kappa shape index (κ2) is 7.30. The van der Waals surface area contributed by atoms with E-state index in [-0.39, 0.29) is 4.99 Å². The molecule has 0 atom stereocenters. The van der Waals surface area contributed by atoms with Gasteiger partial charge in [0.15, 0.2) is 0 Å². The molecule has 8 heteroatoms. The van der Waals surface area contributed by atoms with Gasteiger partial charge in [-0.1, -0.05) is 12.2 Å². The zero-order chi connectivity index (χ0) is 15.2. The fourth-order valence-corrected chi connectivity index (χ4v) is 2.92. The van der Waals surface area contributed by atoms with Gasteiger partial charge in [0.25, 0.3) is 0 Å². The number of hydrogen-bond acceptors (Lipinski definition) is 5.